The van der Waals surface area contributed by atoms with E-state index in [2.05, 4.69) is 10.5 Å². The summed E-state index contributed by atoms with van der Waals surface area (Å²) in [5.41, 5.74) is 1.21. The zero-order valence-electron chi connectivity index (χ0n) is 18.4. The Bertz CT molecular complexity index is 996. The van der Waals surface area contributed by atoms with E-state index < -0.39 is 0 Å². The average Bonchev–Trinajstić information content (AvgIpc) is 3.52. The number of amides is 3. The molecule has 0 bridgehead atoms. The Morgan fingerprint density at radius 3 is 2.50 bits per heavy atom. The van der Waals surface area contributed by atoms with Crippen LogP contribution in [0.4, 0.5) is 0 Å². The highest BCUT2D eigenvalue weighted by Crippen LogP contribution is 2.40. The Morgan fingerprint density at radius 2 is 1.88 bits per heavy atom. The third-order valence-corrected chi connectivity index (χ3v) is 6.51. The molecular formula is C23H28N4O5. The third kappa shape index (κ3) is 4.61. The first kappa shape index (κ1) is 21.9. The van der Waals surface area contributed by atoms with Gasteiger partial charge in [0.25, 0.3) is 5.91 Å². The number of carbonyl (C=O) groups excluding carboxylic acids is 3. The summed E-state index contributed by atoms with van der Waals surface area (Å²) in [4.78, 5) is 41.1. The average molecular weight is 441 g/mol. The van der Waals surface area contributed by atoms with E-state index in [1.54, 1.807) is 32.1 Å². The highest BCUT2D eigenvalue weighted by Gasteiger charge is 2.43. The zero-order chi connectivity index (χ0) is 22.7. The lowest BCUT2D eigenvalue weighted by Crippen LogP contribution is -2.45. The number of hydrogen-bond acceptors (Lipinski definition) is 6. The summed E-state index contributed by atoms with van der Waals surface area (Å²) in [6.07, 6.45) is 7.06. The maximum absolute atomic E-state index is 12.9. The van der Waals surface area contributed by atoms with Crippen LogP contribution in [0.1, 0.15) is 46.8 Å². The first-order valence-corrected chi connectivity index (χ1v) is 10.9. The molecular weight excluding hydrogens is 412 g/mol. The van der Waals surface area contributed by atoms with Gasteiger partial charge in [-0.15, -0.1) is 0 Å². The fraction of sp³-hybridized carbons (Fsp3) is 0.478. The molecule has 0 saturated carbocycles. The minimum Gasteiger partial charge on any atom is -0.465 e. The zero-order valence-corrected chi connectivity index (χ0v) is 18.4. The van der Waals surface area contributed by atoms with Crippen molar-refractivity contribution < 1.29 is 23.3 Å². The monoisotopic (exact) mass is 440 g/mol. The molecule has 0 aliphatic carbocycles. The van der Waals surface area contributed by atoms with Crippen molar-refractivity contribution in [2.75, 3.05) is 32.7 Å². The molecule has 0 atom stereocenters. The Hall–Kier alpha value is -3.36. The summed E-state index contributed by atoms with van der Waals surface area (Å²) in [7, 11) is 0. The number of likely N-dealkylation sites (tertiary alicyclic amines) is 2. The molecule has 9 heteroatoms. The SMILES string of the molecule is Cc1noc(C)c1C(=O)N1CCC2(CCN(C(=O)CNC(=O)/C=C\c3ccco3)C2)CC1. The van der Waals surface area contributed by atoms with E-state index >= 15 is 0 Å². The van der Waals surface area contributed by atoms with Crippen LogP contribution in [0.2, 0.25) is 0 Å². The smallest absolute Gasteiger partial charge is 0.259 e. The highest BCUT2D eigenvalue weighted by molar-refractivity contribution is 5.96. The molecule has 170 valence electrons. The maximum atomic E-state index is 12.9. The molecule has 9 nitrogen and oxygen atoms in total. The van der Waals surface area contributed by atoms with Gasteiger partial charge in [-0.1, -0.05) is 5.16 Å². The molecule has 2 aromatic rings. The van der Waals surface area contributed by atoms with E-state index in [1.165, 1.54) is 12.3 Å². The summed E-state index contributed by atoms with van der Waals surface area (Å²) in [5, 5.41) is 6.52. The van der Waals surface area contributed by atoms with E-state index in [0.717, 1.165) is 19.3 Å². The van der Waals surface area contributed by atoms with Crippen LogP contribution >= 0.6 is 0 Å². The second-order valence-corrected chi connectivity index (χ2v) is 8.62. The van der Waals surface area contributed by atoms with Crippen LogP contribution in [0.25, 0.3) is 6.08 Å². The van der Waals surface area contributed by atoms with Crippen LogP contribution in [-0.4, -0.2) is 65.4 Å². The van der Waals surface area contributed by atoms with Crippen LogP contribution < -0.4 is 5.32 Å². The minimum absolute atomic E-state index is 0.0337. The van der Waals surface area contributed by atoms with Gasteiger partial charge in [-0.3, -0.25) is 14.4 Å². The molecule has 2 fully saturated rings. The third-order valence-electron chi connectivity index (χ3n) is 6.51. The molecule has 0 unspecified atom stereocenters. The first-order valence-electron chi connectivity index (χ1n) is 10.9. The lowest BCUT2D eigenvalue weighted by molar-refractivity contribution is -0.131. The van der Waals surface area contributed by atoms with Crippen molar-refractivity contribution in [2.45, 2.75) is 33.1 Å². The van der Waals surface area contributed by atoms with Crippen molar-refractivity contribution in [2.24, 2.45) is 5.41 Å². The van der Waals surface area contributed by atoms with Crippen molar-refractivity contribution in [3.05, 3.63) is 47.2 Å². The van der Waals surface area contributed by atoms with E-state index in [1.807, 2.05) is 9.80 Å². The van der Waals surface area contributed by atoms with Gasteiger partial charge < -0.3 is 24.1 Å². The molecule has 0 radical (unpaired) electrons. The Morgan fingerprint density at radius 1 is 1.16 bits per heavy atom. The molecule has 1 spiro atoms. The van der Waals surface area contributed by atoms with Crippen molar-refractivity contribution in [1.29, 1.82) is 0 Å². The van der Waals surface area contributed by atoms with Gasteiger partial charge in [0.15, 0.2) is 0 Å². The summed E-state index contributed by atoms with van der Waals surface area (Å²) in [6.45, 7) is 6.14. The predicted molar refractivity (Wildman–Crippen MR) is 115 cm³/mol. The van der Waals surface area contributed by atoms with Gasteiger partial charge in [0.1, 0.15) is 17.1 Å². The second kappa shape index (κ2) is 9.02. The van der Waals surface area contributed by atoms with Gasteiger partial charge in [-0.2, -0.15) is 0 Å². The molecule has 2 saturated heterocycles. The summed E-state index contributed by atoms with van der Waals surface area (Å²) < 4.78 is 10.3. The number of nitrogens with one attached hydrogen (secondary N) is 1. The first-order chi connectivity index (χ1) is 15.4. The largest absolute Gasteiger partial charge is 0.465 e. The van der Waals surface area contributed by atoms with Gasteiger partial charge in [0.05, 0.1) is 18.5 Å². The molecule has 0 aromatic carbocycles. The summed E-state index contributed by atoms with van der Waals surface area (Å²) in [6, 6.07) is 3.48. The van der Waals surface area contributed by atoms with E-state index in [-0.39, 0.29) is 29.7 Å². The minimum atomic E-state index is -0.338. The topological polar surface area (TPSA) is 109 Å². The number of piperidine rings is 1. The van der Waals surface area contributed by atoms with Gasteiger partial charge in [0.2, 0.25) is 11.8 Å². The Labute approximate surface area is 186 Å². The number of aryl methyl sites for hydroxylation is 2. The van der Waals surface area contributed by atoms with Crippen LogP contribution in [0.5, 0.6) is 0 Å². The molecule has 4 heterocycles. The van der Waals surface area contributed by atoms with Crippen LogP contribution in [0.3, 0.4) is 0 Å². The standard InChI is InChI=1S/C23H28N4O5/c1-16-21(17(2)32-25-16)22(30)26-10-7-23(8-11-26)9-12-27(15-23)20(29)14-24-19(28)6-5-18-4-3-13-31-18/h3-6,13H,7-12,14-15H2,1-2H3,(H,24,28)/b6-5-. The molecule has 2 aliphatic rings. The van der Waals surface area contributed by atoms with Gasteiger partial charge >= 0.3 is 0 Å². The number of furan rings is 1. The number of aromatic nitrogens is 1. The Kier molecular flexibility index (Phi) is 6.16. The van der Waals surface area contributed by atoms with Crippen molar-refractivity contribution in [3.63, 3.8) is 0 Å². The number of rotatable bonds is 5. The number of carbonyl (C=O) groups is 3. The molecule has 1 N–H and O–H groups in total. The fourth-order valence-corrected chi connectivity index (χ4v) is 4.56. The van der Waals surface area contributed by atoms with Crippen molar-refractivity contribution in [1.82, 2.24) is 20.3 Å². The van der Waals surface area contributed by atoms with Gasteiger partial charge in [-0.25, -0.2) is 0 Å². The second-order valence-electron chi connectivity index (χ2n) is 8.62. The van der Waals surface area contributed by atoms with Crippen molar-refractivity contribution in [3.8, 4) is 0 Å². The molecule has 3 amide bonds. The van der Waals surface area contributed by atoms with E-state index in [9.17, 15) is 14.4 Å². The fourth-order valence-electron chi connectivity index (χ4n) is 4.56. The molecule has 32 heavy (non-hydrogen) atoms. The molecule has 4 rings (SSSR count). The van der Waals surface area contributed by atoms with Crippen LogP contribution in [-0.2, 0) is 9.59 Å². The molecule has 2 aromatic heterocycles. The number of nitrogens with zero attached hydrogens (tertiary/aromatic N) is 3. The van der Waals surface area contributed by atoms with Gasteiger partial charge in [-0.05, 0) is 56.7 Å². The van der Waals surface area contributed by atoms with Crippen LogP contribution in [0.15, 0.2) is 33.4 Å². The highest BCUT2D eigenvalue weighted by atomic mass is 16.5. The lowest BCUT2D eigenvalue weighted by atomic mass is 9.77. The maximum Gasteiger partial charge on any atom is 0.259 e. The predicted octanol–water partition coefficient (Wildman–Crippen LogP) is 2.17. The van der Waals surface area contributed by atoms with Gasteiger partial charge in [0, 0.05) is 32.3 Å². The quantitative estimate of drug-likeness (QED) is 0.714. The van der Waals surface area contributed by atoms with E-state index in [4.69, 9.17) is 8.94 Å². The van der Waals surface area contributed by atoms with E-state index in [0.29, 0.717) is 49.0 Å². The van der Waals surface area contributed by atoms with Crippen molar-refractivity contribution >= 4 is 23.8 Å². The number of hydrogen-bond donors (Lipinski definition) is 1. The Balaban J connectivity index is 1.25. The summed E-state index contributed by atoms with van der Waals surface area (Å²) >= 11 is 0. The molecule has 2 aliphatic heterocycles. The lowest BCUT2D eigenvalue weighted by Gasteiger charge is -2.39. The normalized spacial score (nSPS) is 17.9. The van der Waals surface area contributed by atoms with Crippen LogP contribution in [0, 0.1) is 19.3 Å². The summed E-state index contributed by atoms with van der Waals surface area (Å²) in [5.74, 6) is 0.664.